The minimum Gasteiger partial charge on any atom is -0.390 e. The van der Waals surface area contributed by atoms with Gasteiger partial charge in [-0.3, -0.25) is 15.2 Å². The molecule has 0 radical (unpaired) electrons. The molecular weight excluding hydrogens is 186 g/mol. The van der Waals surface area contributed by atoms with E-state index in [0.29, 0.717) is 16.6 Å². The van der Waals surface area contributed by atoms with Crippen LogP contribution >= 0.6 is 0 Å². The first-order valence-corrected chi connectivity index (χ1v) is 3.95. The molecule has 14 heavy (non-hydrogen) atoms. The zero-order valence-corrected chi connectivity index (χ0v) is 7.10. The molecule has 0 bridgehead atoms. The highest BCUT2D eigenvalue weighted by molar-refractivity contribution is 5.90. The predicted octanol–water partition coefficient (Wildman–Crippen LogP) is 0.963. The Bertz CT molecular complexity index is 492. The van der Waals surface area contributed by atoms with Crippen LogP contribution in [0.25, 0.3) is 10.9 Å². The lowest BCUT2D eigenvalue weighted by molar-refractivity contribution is -0.383. The number of aliphatic hydroxyl groups is 1. The van der Waals surface area contributed by atoms with Crippen LogP contribution < -0.4 is 0 Å². The molecule has 0 atom stereocenters. The maximum atomic E-state index is 10.7. The SMILES string of the molecule is O=[N+]([O-])c1cccc2n[nH]c(CO)c12. The van der Waals surface area contributed by atoms with E-state index in [1.54, 1.807) is 12.1 Å². The van der Waals surface area contributed by atoms with Crippen molar-refractivity contribution in [3.05, 3.63) is 34.0 Å². The second-order valence-corrected chi connectivity index (χ2v) is 2.79. The molecule has 2 N–H and O–H groups in total. The smallest absolute Gasteiger partial charge is 0.280 e. The van der Waals surface area contributed by atoms with Gasteiger partial charge >= 0.3 is 0 Å². The normalized spacial score (nSPS) is 10.6. The summed E-state index contributed by atoms with van der Waals surface area (Å²) in [6.07, 6.45) is 0. The van der Waals surface area contributed by atoms with Gasteiger partial charge in [-0.05, 0) is 6.07 Å². The highest BCUT2D eigenvalue weighted by Gasteiger charge is 2.16. The van der Waals surface area contributed by atoms with Gasteiger partial charge in [-0.25, -0.2) is 0 Å². The molecule has 2 rings (SSSR count). The first-order chi connectivity index (χ1) is 6.74. The minimum atomic E-state index is -0.489. The average Bonchev–Trinajstić information content (AvgIpc) is 2.59. The molecule has 0 unspecified atom stereocenters. The molecule has 0 saturated heterocycles. The molecule has 1 heterocycles. The summed E-state index contributed by atoms with van der Waals surface area (Å²) in [6, 6.07) is 4.59. The van der Waals surface area contributed by atoms with Crippen LogP contribution in [0.2, 0.25) is 0 Å². The van der Waals surface area contributed by atoms with E-state index >= 15 is 0 Å². The van der Waals surface area contributed by atoms with Gasteiger partial charge in [-0.1, -0.05) is 6.07 Å². The Kier molecular flexibility index (Phi) is 1.90. The van der Waals surface area contributed by atoms with Gasteiger partial charge in [-0.15, -0.1) is 0 Å². The Hall–Kier alpha value is -1.95. The molecule has 0 aliphatic rings. The number of nitrogens with zero attached hydrogens (tertiary/aromatic N) is 2. The molecule has 0 fully saturated rings. The van der Waals surface area contributed by atoms with E-state index in [2.05, 4.69) is 10.2 Å². The standard InChI is InChI=1S/C8H7N3O3/c12-4-6-8-5(9-10-6)2-1-3-7(8)11(13)14/h1-3,12H,4H2,(H,9,10). The Balaban J connectivity index is 2.81. The van der Waals surface area contributed by atoms with Gasteiger partial charge in [-0.2, -0.15) is 5.10 Å². The summed E-state index contributed by atoms with van der Waals surface area (Å²) < 4.78 is 0. The number of rotatable bonds is 2. The molecule has 0 amide bonds. The molecule has 1 aromatic carbocycles. The third kappa shape index (κ3) is 1.12. The van der Waals surface area contributed by atoms with E-state index < -0.39 is 4.92 Å². The topological polar surface area (TPSA) is 92.0 Å². The lowest BCUT2D eigenvalue weighted by Crippen LogP contribution is -1.91. The van der Waals surface area contributed by atoms with Gasteiger partial charge in [0.15, 0.2) is 0 Å². The number of fused-ring (bicyclic) bond motifs is 1. The zero-order chi connectivity index (χ0) is 10.1. The third-order valence-electron chi connectivity index (χ3n) is 1.99. The van der Waals surface area contributed by atoms with Crippen LogP contribution in [0.4, 0.5) is 5.69 Å². The molecule has 6 nitrogen and oxygen atoms in total. The fourth-order valence-corrected chi connectivity index (χ4v) is 1.38. The lowest BCUT2D eigenvalue weighted by atomic mass is 10.2. The molecule has 0 saturated carbocycles. The summed E-state index contributed by atoms with van der Waals surface area (Å²) in [7, 11) is 0. The van der Waals surface area contributed by atoms with E-state index in [-0.39, 0.29) is 12.3 Å². The second kappa shape index (κ2) is 3.08. The zero-order valence-electron chi connectivity index (χ0n) is 7.10. The first kappa shape index (κ1) is 8.64. The van der Waals surface area contributed by atoms with Crippen LogP contribution in [0.3, 0.4) is 0 Å². The van der Waals surface area contributed by atoms with Gasteiger partial charge < -0.3 is 5.11 Å². The molecule has 0 aliphatic heterocycles. The summed E-state index contributed by atoms with van der Waals surface area (Å²) in [4.78, 5) is 10.2. The number of hydrogen-bond donors (Lipinski definition) is 2. The summed E-state index contributed by atoms with van der Waals surface area (Å²) in [6.45, 7) is -0.290. The number of aromatic nitrogens is 2. The van der Waals surface area contributed by atoms with Crippen molar-refractivity contribution in [3.8, 4) is 0 Å². The van der Waals surface area contributed by atoms with Crippen LogP contribution in [0.1, 0.15) is 5.69 Å². The first-order valence-electron chi connectivity index (χ1n) is 3.95. The van der Waals surface area contributed by atoms with Gasteiger partial charge in [0.1, 0.15) is 5.39 Å². The van der Waals surface area contributed by atoms with E-state index in [1.807, 2.05) is 0 Å². The number of non-ortho nitro benzene ring substituents is 1. The molecule has 2 aromatic rings. The van der Waals surface area contributed by atoms with Gasteiger partial charge in [0.25, 0.3) is 5.69 Å². The van der Waals surface area contributed by atoms with Gasteiger partial charge in [0, 0.05) is 6.07 Å². The number of nitro groups is 1. The second-order valence-electron chi connectivity index (χ2n) is 2.79. The Morgan fingerprint density at radius 2 is 2.36 bits per heavy atom. The van der Waals surface area contributed by atoms with Crippen molar-refractivity contribution < 1.29 is 10.0 Å². The highest BCUT2D eigenvalue weighted by Crippen LogP contribution is 2.26. The summed E-state index contributed by atoms with van der Waals surface area (Å²) in [5.74, 6) is 0. The van der Waals surface area contributed by atoms with Gasteiger partial charge in [0.2, 0.25) is 0 Å². The van der Waals surface area contributed by atoms with E-state index in [1.165, 1.54) is 6.07 Å². The Morgan fingerprint density at radius 3 is 3.00 bits per heavy atom. The summed E-state index contributed by atoms with van der Waals surface area (Å²) in [5.41, 5.74) is 0.816. The maximum absolute atomic E-state index is 10.7. The van der Waals surface area contributed by atoms with Crippen molar-refractivity contribution in [2.75, 3.05) is 0 Å². The number of nitro benzene ring substituents is 1. The average molecular weight is 193 g/mol. The van der Waals surface area contributed by atoms with Crippen molar-refractivity contribution >= 4 is 16.6 Å². The maximum Gasteiger partial charge on any atom is 0.280 e. The van der Waals surface area contributed by atoms with Crippen LogP contribution in [-0.4, -0.2) is 20.2 Å². The number of aromatic amines is 1. The number of benzene rings is 1. The number of aliphatic hydroxyl groups excluding tert-OH is 1. The third-order valence-corrected chi connectivity index (χ3v) is 1.99. The summed E-state index contributed by atoms with van der Waals surface area (Å²) in [5, 5.41) is 26.4. The molecule has 0 spiro atoms. The highest BCUT2D eigenvalue weighted by atomic mass is 16.6. The molecule has 72 valence electrons. The summed E-state index contributed by atoms with van der Waals surface area (Å²) >= 11 is 0. The number of H-pyrrole nitrogens is 1. The van der Waals surface area contributed by atoms with Crippen LogP contribution in [0, 0.1) is 10.1 Å². The molecular formula is C8H7N3O3. The number of hydrogen-bond acceptors (Lipinski definition) is 4. The quantitative estimate of drug-likeness (QED) is 0.548. The number of nitrogens with one attached hydrogen (secondary N) is 1. The largest absolute Gasteiger partial charge is 0.390 e. The van der Waals surface area contributed by atoms with Crippen molar-refractivity contribution in [1.82, 2.24) is 10.2 Å². The van der Waals surface area contributed by atoms with E-state index in [4.69, 9.17) is 5.11 Å². The van der Waals surface area contributed by atoms with E-state index in [9.17, 15) is 10.1 Å². The Labute approximate surface area is 78.3 Å². The fourth-order valence-electron chi connectivity index (χ4n) is 1.38. The van der Waals surface area contributed by atoms with Crippen LogP contribution in [0.15, 0.2) is 18.2 Å². The molecule has 0 aliphatic carbocycles. The minimum absolute atomic E-state index is 0.0414. The lowest BCUT2D eigenvalue weighted by Gasteiger charge is -1.94. The molecule has 1 aromatic heterocycles. The van der Waals surface area contributed by atoms with Crippen LogP contribution in [-0.2, 0) is 6.61 Å². The van der Waals surface area contributed by atoms with Crippen molar-refractivity contribution in [1.29, 1.82) is 0 Å². The predicted molar refractivity (Wildman–Crippen MR) is 48.7 cm³/mol. The van der Waals surface area contributed by atoms with E-state index in [0.717, 1.165) is 0 Å². The Morgan fingerprint density at radius 1 is 1.57 bits per heavy atom. The van der Waals surface area contributed by atoms with Crippen molar-refractivity contribution in [2.45, 2.75) is 6.61 Å². The van der Waals surface area contributed by atoms with Gasteiger partial charge in [0.05, 0.1) is 22.7 Å². The van der Waals surface area contributed by atoms with Crippen molar-refractivity contribution in [2.24, 2.45) is 0 Å². The fraction of sp³-hybridized carbons (Fsp3) is 0.125. The van der Waals surface area contributed by atoms with Crippen molar-refractivity contribution in [3.63, 3.8) is 0 Å². The van der Waals surface area contributed by atoms with Crippen LogP contribution in [0.5, 0.6) is 0 Å². The monoisotopic (exact) mass is 193 g/mol. The molecule has 6 heteroatoms.